The molecule has 0 aliphatic rings. The predicted molar refractivity (Wildman–Crippen MR) is 73.7 cm³/mol. The lowest BCUT2D eigenvalue weighted by molar-refractivity contribution is -0.154. The van der Waals surface area contributed by atoms with Crippen molar-refractivity contribution in [3.63, 3.8) is 0 Å². The van der Waals surface area contributed by atoms with Crippen molar-refractivity contribution < 1.29 is 22.7 Å². The number of halogens is 3. The number of hydrogen-bond acceptors (Lipinski definition) is 5. The average molecular weight is 326 g/mol. The Morgan fingerprint density at radius 2 is 2.09 bits per heavy atom. The van der Waals surface area contributed by atoms with Crippen LogP contribution in [0, 0.1) is 6.92 Å². The number of aromatic nitrogens is 3. The van der Waals surface area contributed by atoms with Crippen LogP contribution in [0.15, 0.2) is 30.7 Å². The summed E-state index contributed by atoms with van der Waals surface area (Å²) < 4.78 is 40.8. The zero-order valence-corrected chi connectivity index (χ0v) is 12.1. The first-order valence-electron chi connectivity index (χ1n) is 6.55. The van der Waals surface area contributed by atoms with Crippen LogP contribution in [0.25, 0.3) is 0 Å². The van der Waals surface area contributed by atoms with Crippen LogP contribution in [-0.2, 0) is 6.54 Å². The largest absolute Gasteiger partial charge is 0.468 e. The van der Waals surface area contributed by atoms with E-state index in [1.807, 2.05) is 0 Å². The minimum absolute atomic E-state index is 0.120. The maximum Gasteiger partial charge on any atom is 0.422 e. The van der Waals surface area contributed by atoms with Crippen molar-refractivity contribution in [3.8, 4) is 5.88 Å². The van der Waals surface area contributed by atoms with Crippen LogP contribution in [0.1, 0.15) is 21.7 Å². The SMILES string of the molecule is Cc1nc(OCC(F)(F)F)ccc1CNC(=O)c1ccncn1. The van der Waals surface area contributed by atoms with Gasteiger partial charge in [-0.05, 0) is 18.6 Å². The van der Waals surface area contributed by atoms with Gasteiger partial charge in [-0.3, -0.25) is 4.79 Å². The van der Waals surface area contributed by atoms with Crippen molar-refractivity contribution in [2.75, 3.05) is 6.61 Å². The van der Waals surface area contributed by atoms with Crippen LogP contribution >= 0.6 is 0 Å². The standard InChI is InChI=1S/C14H13F3N4O2/c1-9-10(2-3-12(21-9)23-7-14(15,16)17)6-19-13(22)11-4-5-18-8-20-11/h2-5,8H,6-7H2,1H3,(H,19,22). The zero-order valence-electron chi connectivity index (χ0n) is 12.1. The molecule has 0 unspecified atom stereocenters. The Labute approximate surface area is 129 Å². The Morgan fingerprint density at radius 1 is 1.30 bits per heavy atom. The van der Waals surface area contributed by atoms with Gasteiger partial charge in [0.1, 0.15) is 12.0 Å². The molecule has 0 aliphatic carbocycles. The van der Waals surface area contributed by atoms with E-state index in [-0.39, 0.29) is 24.0 Å². The van der Waals surface area contributed by atoms with Crippen LogP contribution in [0.2, 0.25) is 0 Å². The van der Waals surface area contributed by atoms with Crippen molar-refractivity contribution in [2.24, 2.45) is 0 Å². The lowest BCUT2D eigenvalue weighted by Crippen LogP contribution is -2.24. The second kappa shape index (κ2) is 7.03. The van der Waals surface area contributed by atoms with Crippen LogP contribution in [-0.4, -0.2) is 33.6 Å². The average Bonchev–Trinajstić information content (AvgIpc) is 2.52. The summed E-state index contributed by atoms with van der Waals surface area (Å²) in [4.78, 5) is 23.3. The van der Waals surface area contributed by atoms with Crippen molar-refractivity contribution >= 4 is 5.91 Å². The molecule has 0 spiro atoms. The molecule has 0 aliphatic heterocycles. The topological polar surface area (TPSA) is 77.0 Å². The molecule has 0 saturated heterocycles. The Balaban J connectivity index is 1.95. The molecule has 23 heavy (non-hydrogen) atoms. The Hall–Kier alpha value is -2.71. The highest BCUT2D eigenvalue weighted by atomic mass is 19.4. The van der Waals surface area contributed by atoms with Crippen molar-refractivity contribution in [1.82, 2.24) is 20.3 Å². The number of aryl methyl sites for hydroxylation is 1. The Bertz CT molecular complexity index is 677. The van der Waals surface area contributed by atoms with Gasteiger partial charge in [-0.25, -0.2) is 15.0 Å². The summed E-state index contributed by atoms with van der Waals surface area (Å²) in [6, 6.07) is 4.34. The van der Waals surface area contributed by atoms with Crippen molar-refractivity contribution in [1.29, 1.82) is 0 Å². The maximum atomic E-state index is 12.1. The number of rotatable bonds is 5. The minimum Gasteiger partial charge on any atom is -0.468 e. The van der Waals surface area contributed by atoms with Gasteiger partial charge in [-0.1, -0.05) is 6.07 Å². The molecule has 2 aromatic heterocycles. The number of amides is 1. The molecule has 0 bridgehead atoms. The fourth-order valence-corrected chi connectivity index (χ4v) is 1.68. The van der Waals surface area contributed by atoms with Crippen LogP contribution < -0.4 is 10.1 Å². The molecule has 0 saturated carbocycles. The highest BCUT2D eigenvalue weighted by Gasteiger charge is 2.28. The smallest absolute Gasteiger partial charge is 0.422 e. The second-order valence-corrected chi connectivity index (χ2v) is 4.58. The highest BCUT2D eigenvalue weighted by molar-refractivity contribution is 5.91. The lowest BCUT2D eigenvalue weighted by atomic mass is 10.2. The first-order valence-corrected chi connectivity index (χ1v) is 6.55. The van der Waals surface area contributed by atoms with Crippen LogP contribution in [0.3, 0.4) is 0 Å². The van der Waals surface area contributed by atoms with Gasteiger partial charge in [0, 0.05) is 24.5 Å². The molecule has 2 rings (SSSR count). The maximum absolute atomic E-state index is 12.1. The van der Waals surface area contributed by atoms with Crippen molar-refractivity contribution in [2.45, 2.75) is 19.6 Å². The molecule has 0 fully saturated rings. The number of carbonyl (C=O) groups is 1. The number of nitrogens with zero attached hydrogens (tertiary/aromatic N) is 3. The van der Waals surface area contributed by atoms with Gasteiger partial charge in [-0.2, -0.15) is 13.2 Å². The Morgan fingerprint density at radius 3 is 2.70 bits per heavy atom. The molecule has 0 atom stereocenters. The molecule has 9 heteroatoms. The molecule has 2 heterocycles. The van der Waals surface area contributed by atoms with E-state index in [0.29, 0.717) is 11.3 Å². The predicted octanol–water partition coefficient (Wildman–Crippen LogP) is 2.05. The number of pyridine rings is 1. The lowest BCUT2D eigenvalue weighted by Gasteiger charge is -2.11. The Kier molecular flexibility index (Phi) is 5.09. The summed E-state index contributed by atoms with van der Waals surface area (Å²) in [6.45, 7) is 0.386. The summed E-state index contributed by atoms with van der Waals surface area (Å²) >= 11 is 0. The van der Waals surface area contributed by atoms with Crippen molar-refractivity contribution in [3.05, 3.63) is 47.7 Å². The van der Waals surface area contributed by atoms with E-state index in [1.54, 1.807) is 13.0 Å². The van der Waals surface area contributed by atoms with Gasteiger partial charge in [0.2, 0.25) is 5.88 Å². The van der Waals surface area contributed by atoms with E-state index in [0.717, 1.165) is 0 Å². The molecule has 1 amide bonds. The van der Waals surface area contributed by atoms with E-state index in [2.05, 4.69) is 25.0 Å². The van der Waals surface area contributed by atoms with E-state index in [9.17, 15) is 18.0 Å². The van der Waals surface area contributed by atoms with E-state index in [1.165, 1.54) is 24.7 Å². The van der Waals surface area contributed by atoms with Gasteiger partial charge in [-0.15, -0.1) is 0 Å². The molecule has 6 nitrogen and oxygen atoms in total. The number of hydrogen-bond donors (Lipinski definition) is 1. The number of carbonyl (C=O) groups excluding carboxylic acids is 1. The van der Waals surface area contributed by atoms with Gasteiger partial charge < -0.3 is 10.1 Å². The van der Waals surface area contributed by atoms with E-state index >= 15 is 0 Å². The van der Waals surface area contributed by atoms with Gasteiger partial charge in [0.05, 0.1) is 0 Å². The quantitative estimate of drug-likeness (QED) is 0.910. The molecule has 122 valence electrons. The third kappa shape index (κ3) is 5.20. The molecule has 0 radical (unpaired) electrons. The molecular formula is C14H13F3N4O2. The first kappa shape index (κ1) is 16.7. The van der Waals surface area contributed by atoms with Gasteiger partial charge in [0.25, 0.3) is 5.91 Å². The summed E-state index contributed by atoms with van der Waals surface area (Å²) in [5, 5.41) is 2.64. The fourth-order valence-electron chi connectivity index (χ4n) is 1.68. The molecular weight excluding hydrogens is 313 g/mol. The number of nitrogens with one attached hydrogen (secondary N) is 1. The minimum atomic E-state index is -4.42. The van der Waals surface area contributed by atoms with Crippen LogP contribution in [0.5, 0.6) is 5.88 Å². The second-order valence-electron chi connectivity index (χ2n) is 4.58. The number of alkyl halides is 3. The summed E-state index contributed by atoms with van der Waals surface area (Å²) in [5.74, 6) is -0.505. The van der Waals surface area contributed by atoms with Gasteiger partial charge >= 0.3 is 6.18 Å². The monoisotopic (exact) mass is 326 g/mol. The first-order chi connectivity index (χ1) is 10.8. The van der Waals surface area contributed by atoms with Gasteiger partial charge in [0.15, 0.2) is 6.61 Å². The molecule has 0 aromatic carbocycles. The third-order valence-electron chi connectivity index (χ3n) is 2.81. The van der Waals surface area contributed by atoms with E-state index < -0.39 is 12.8 Å². The summed E-state index contributed by atoms with van der Waals surface area (Å²) in [5.41, 5.74) is 1.34. The summed E-state index contributed by atoms with van der Waals surface area (Å²) in [6.07, 6.45) is -1.71. The van der Waals surface area contributed by atoms with E-state index in [4.69, 9.17) is 0 Å². The fraction of sp³-hybridized carbons (Fsp3) is 0.286. The molecule has 2 aromatic rings. The number of ether oxygens (including phenoxy) is 1. The zero-order chi connectivity index (χ0) is 16.9. The highest BCUT2D eigenvalue weighted by Crippen LogP contribution is 2.18. The summed E-state index contributed by atoms with van der Waals surface area (Å²) in [7, 11) is 0. The van der Waals surface area contributed by atoms with Crippen LogP contribution in [0.4, 0.5) is 13.2 Å². The normalized spacial score (nSPS) is 11.1. The third-order valence-corrected chi connectivity index (χ3v) is 2.81. The molecule has 1 N–H and O–H groups in total.